The molecule has 1 atom stereocenters. The van der Waals surface area contributed by atoms with Crippen molar-refractivity contribution in [3.05, 3.63) is 100 Å². The molecular formula is C28H29NO3. The molecule has 3 aromatic carbocycles. The van der Waals surface area contributed by atoms with E-state index >= 15 is 0 Å². The molecule has 0 unspecified atom stereocenters. The first-order chi connectivity index (χ1) is 15.3. The Hall–Kier alpha value is -3.24. The number of carbonyl (C=O) groups is 2. The zero-order chi connectivity index (χ0) is 22.9. The minimum absolute atomic E-state index is 0.211. The second-order valence-corrected chi connectivity index (χ2v) is 8.80. The van der Waals surface area contributed by atoms with Crippen LogP contribution in [0.3, 0.4) is 0 Å². The van der Waals surface area contributed by atoms with Crippen LogP contribution in [-0.4, -0.2) is 23.3 Å². The monoisotopic (exact) mass is 427 g/mol. The van der Waals surface area contributed by atoms with Gasteiger partial charge in [0, 0.05) is 17.7 Å². The van der Waals surface area contributed by atoms with Gasteiger partial charge in [0.1, 0.15) is 0 Å². The Morgan fingerprint density at radius 2 is 1.56 bits per heavy atom. The van der Waals surface area contributed by atoms with Crippen LogP contribution in [-0.2, 0) is 16.8 Å². The second-order valence-electron chi connectivity index (χ2n) is 8.80. The van der Waals surface area contributed by atoms with E-state index in [0.29, 0.717) is 23.4 Å². The number of para-hydroxylation sites is 1. The van der Waals surface area contributed by atoms with Crippen molar-refractivity contribution in [1.29, 1.82) is 0 Å². The van der Waals surface area contributed by atoms with Crippen LogP contribution in [0.4, 0.5) is 5.69 Å². The van der Waals surface area contributed by atoms with Gasteiger partial charge >= 0.3 is 0 Å². The topological polar surface area (TPSA) is 57.6 Å². The van der Waals surface area contributed by atoms with Gasteiger partial charge in [-0.3, -0.25) is 9.59 Å². The van der Waals surface area contributed by atoms with Crippen molar-refractivity contribution in [1.82, 2.24) is 0 Å². The summed E-state index contributed by atoms with van der Waals surface area (Å²) in [6, 6.07) is 21.3. The highest BCUT2D eigenvalue weighted by Gasteiger charge is 2.50. The molecular weight excluding hydrogens is 398 g/mol. The number of fused-ring (bicyclic) bond motifs is 1. The van der Waals surface area contributed by atoms with Crippen molar-refractivity contribution in [2.75, 3.05) is 11.4 Å². The Morgan fingerprint density at radius 1 is 0.938 bits per heavy atom. The molecule has 4 heteroatoms. The lowest BCUT2D eigenvalue weighted by atomic mass is 9.85. The van der Waals surface area contributed by atoms with E-state index in [-0.39, 0.29) is 12.2 Å². The van der Waals surface area contributed by atoms with Gasteiger partial charge in [0.05, 0.1) is 12.1 Å². The molecule has 1 amide bonds. The Labute approximate surface area is 189 Å². The van der Waals surface area contributed by atoms with Crippen molar-refractivity contribution in [2.45, 2.75) is 45.6 Å². The summed E-state index contributed by atoms with van der Waals surface area (Å²) in [5.74, 6) is -0.626. The van der Waals surface area contributed by atoms with Gasteiger partial charge in [0.15, 0.2) is 11.4 Å². The van der Waals surface area contributed by atoms with Crippen molar-refractivity contribution in [2.24, 2.45) is 0 Å². The van der Waals surface area contributed by atoms with Crippen LogP contribution >= 0.6 is 0 Å². The number of benzene rings is 3. The van der Waals surface area contributed by atoms with Crippen molar-refractivity contribution >= 4 is 17.4 Å². The van der Waals surface area contributed by atoms with Crippen molar-refractivity contribution in [3.8, 4) is 0 Å². The SMILES string of the molecule is Cc1cc(C)c(C(=O)C[C@@]2(O)C(=O)N(CCCc3ccccc3)c3ccccc32)c(C)c1. The third kappa shape index (κ3) is 3.98. The summed E-state index contributed by atoms with van der Waals surface area (Å²) >= 11 is 0. The molecule has 0 bridgehead atoms. The number of ketones is 1. The van der Waals surface area contributed by atoms with Crippen molar-refractivity contribution in [3.63, 3.8) is 0 Å². The number of hydrogen-bond acceptors (Lipinski definition) is 3. The number of rotatable bonds is 7. The first-order valence-corrected chi connectivity index (χ1v) is 11.1. The third-order valence-corrected chi connectivity index (χ3v) is 6.30. The summed E-state index contributed by atoms with van der Waals surface area (Å²) in [5.41, 5.74) is 3.99. The normalized spacial score (nSPS) is 17.5. The number of nitrogens with zero attached hydrogens (tertiary/aromatic N) is 1. The van der Waals surface area contributed by atoms with Crippen LogP contribution in [0, 0.1) is 20.8 Å². The van der Waals surface area contributed by atoms with Gasteiger partial charge in [-0.2, -0.15) is 0 Å². The molecule has 1 aliphatic heterocycles. The number of Topliss-reactive ketones (excluding diaryl/α,β-unsaturated/α-hetero) is 1. The molecule has 32 heavy (non-hydrogen) atoms. The maximum absolute atomic E-state index is 13.4. The molecule has 0 radical (unpaired) electrons. The molecule has 0 saturated carbocycles. The van der Waals surface area contributed by atoms with Gasteiger partial charge in [0.25, 0.3) is 5.91 Å². The van der Waals surface area contributed by atoms with Crippen LogP contribution in [0.2, 0.25) is 0 Å². The van der Waals surface area contributed by atoms with Gasteiger partial charge in [0.2, 0.25) is 0 Å². The molecule has 164 valence electrons. The zero-order valence-corrected chi connectivity index (χ0v) is 18.9. The molecule has 0 aliphatic carbocycles. The van der Waals surface area contributed by atoms with Gasteiger partial charge < -0.3 is 10.0 Å². The highest BCUT2D eigenvalue weighted by atomic mass is 16.3. The van der Waals surface area contributed by atoms with Gasteiger partial charge in [-0.15, -0.1) is 0 Å². The molecule has 1 aliphatic rings. The number of aliphatic hydroxyl groups is 1. The molecule has 0 saturated heterocycles. The quantitative estimate of drug-likeness (QED) is 0.537. The van der Waals surface area contributed by atoms with E-state index in [1.165, 1.54) is 5.56 Å². The first-order valence-electron chi connectivity index (χ1n) is 11.1. The summed E-state index contributed by atoms with van der Waals surface area (Å²) in [6.45, 7) is 6.28. The molecule has 1 heterocycles. The Morgan fingerprint density at radius 3 is 2.25 bits per heavy atom. The summed E-state index contributed by atoms with van der Waals surface area (Å²) in [7, 11) is 0. The predicted octanol–water partition coefficient (Wildman–Crippen LogP) is 5.05. The summed E-state index contributed by atoms with van der Waals surface area (Å²) in [6.07, 6.45) is 1.35. The smallest absolute Gasteiger partial charge is 0.264 e. The molecule has 0 aromatic heterocycles. The van der Waals surface area contributed by atoms with Crippen LogP contribution in [0.5, 0.6) is 0 Å². The fraction of sp³-hybridized carbons (Fsp3) is 0.286. The molecule has 4 nitrogen and oxygen atoms in total. The average molecular weight is 428 g/mol. The minimum Gasteiger partial charge on any atom is -0.375 e. The van der Waals surface area contributed by atoms with E-state index in [1.54, 1.807) is 17.0 Å². The lowest BCUT2D eigenvalue weighted by Crippen LogP contribution is -2.42. The number of carbonyl (C=O) groups excluding carboxylic acids is 2. The van der Waals surface area contributed by atoms with Gasteiger partial charge in [-0.1, -0.05) is 66.2 Å². The third-order valence-electron chi connectivity index (χ3n) is 6.30. The molecule has 1 N–H and O–H groups in total. The van der Waals surface area contributed by atoms with Crippen LogP contribution in [0.25, 0.3) is 0 Å². The zero-order valence-electron chi connectivity index (χ0n) is 18.9. The van der Waals surface area contributed by atoms with E-state index in [1.807, 2.05) is 63.2 Å². The van der Waals surface area contributed by atoms with Crippen LogP contribution < -0.4 is 4.90 Å². The Kier molecular flexibility index (Phi) is 5.98. The van der Waals surface area contributed by atoms with E-state index in [0.717, 1.165) is 29.5 Å². The maximum atomic E-state index is 13.4. The fourth-order valence-corrected chi connectivity index (χ4v) is 4.93. The number of aryl methyl sites for hydroxylation is 4. The summed E-state index contributed by atoms with van der Waals surface area (Å²) in [4.78, 5) is 28.4. The summed E-state index contributed by atoms with van der Waals surface area (Å²) in [5, 5.41) is 11.6. The molecule has 4 rings (SSSR count). The second kappa shape index (κ2) is 8.71. The van der Waals surface area contributed by atoms with E-state index in [9.17, 15) is 14.7 Å². The highest BCUT2D eigenvalue weighted by molar-refractivity contribution is 6.11. The Balaban J connectivity index is 1.58. The number of anilines is 1. The standard InChI is InChI=1S/C28H29NO3/c1-19-16-20(2)26(21(3)17-19)25(30)18-28(32)23-13-7-8-14-24(23)29(27(28)31)15-9-12-22-10-5-4-6-11-22/h4-8,10-11,13-14,16-17,32H,9,12,15,18H2,1-3H3/t28-/m0/s1. The number of amides is 1. The predicted molar refractivity (Wildman–Crippen MR) is 127 cm³/mol. The van der Waals surface area contributed by atoms with Crippen LogP contribution in [0.15, 0.2) is 66.7 Å². The average Bonchev–Trinajstić information content (AvgIpc) is 2.95. The lowest BCUT2D eigenvalue weighted by Gasteiger charge is -2.23. The maximum Gasteiger partial charge on any atom is 0.264 e. The van der Waals surface area contributed by atoms with E-state index in [2.05, 4.69) is 12.1 Å². The summed E-state index contributed by atoms with van der Waals surface area (Å²) < 4.78 is 0. The minimum atomic E-state index is -1.84. The highest BCUT2D eigenvalue weighted by Crippen LogP contribution is 2.43. The van der Waals surface area contributed by atoms with E-state index < -0.39 is 11.5 Å². The molecule has 3 aromatic rings. The Bertz CT molecular complexity index is 1150. The van der Waals surface area contributed by atoms with Crippen LogP contribution in [0.1, 0.15) is 51.0 Å². The molecule has 0 spiro atoms. The fourth-order valence-electron chi connectivity index (χ4n) is 4.93. The van der Waals surface area contributed by atoms with E-state index in [4.69, 9.17) is 0 Å². The first kappa shape index (κ1) is 22.0. The lowest BCUT2D eigenvalue weighted by molar-refractivity contribution is -0.135. The van der Waals surface area contributed by atoms with Crippen molar-refractivity contribution < 1.29 is 14.7 Å². The number of hydrogen-bond donors (Lipinski definition) is 1. The largest absolute Gasteiger partial charge is 0.375 e. The molecule has 0 fully saturated rings. The van der Waals surface area contributed by atoms with Gasteiger partial charge in [-0.05, 0) is 56.4 Å². The van der Waals surface area contributed by atoms with Gasteiger partial charge in [-0.25, -0.2) is 0 Å².